The third-order valence-electron chi connectivity index (χ3n) is 13.5. The van der Waals surface area contributed by atoms with Crippen molar-refractivity contribution in [1.29, 1.82) is 0 Å². The molecule has 0 heterocycles. The van der Waals surface area contributed by atoms with Crippen molar-refractivity contribution in [2.24, 2.45) is 0 Å². The van der Waals surface area contributed by atoms with E-state index in [1.54, 1.807) is 0 Å². The Morgan fingerprint density at radius 1 is 0.276 bits per heavy atom. The fraction of sp³-hybridized carbons (Fsp3) is 0.700. The highest BCUT2D eigenvalue weighted by Gasteiger charge is 2.19. The number of allylic oxidation sites excluding steroid dienone is 18. The quantitative estimate of drug-likeness (QED) is 0.0261. The minimum atomic E-state index is -0.781. The third kappa shape index (κ3) is 60.9. The number of ether oxygens (including phenoxy) is 3. The lowest BCUT2D eigenvalue weighted by molar-refractivity contribution is -0.167. The first kappa shape index (κ1) is 72.1. The van der Waals surface area contributed by atoms with Crippen molar-refractivity contribution in [3.63, 3.8) is 0 Å². The topological polar surface area (TPSA) is 78.9 Å². The Balaban J connectivity index is 4.14. The molecule has 1 atom stereocenters. The van der Waals surface area contributed by atoms with E-state index >= 15 is 0 Å². The summed E-state index contributed by atoms with van der Waals surface area (Å²) in [4.78, 5) is 38.1. The van der Waals surface area contributed by atoms with Crippen molar-refractivity contribution in [2.45, 2.75) is 303 Å². The first-order valence-corrected chi connectivity index (χ1v) is 31.9. The number of unbranched alkanes of at least 4 members (excludes halogenated alkanes) is 28. The van der Waals surface area contributed by atoms with Crippen LogP contribution in [0.3, 0.4) is 0 Å². The molecular formula is C70H118O6. The summed E-state index contributed by atoms with van der Waals surface area (Å²) in [5.74, 6) is -0.889. The van der Waals surface area contributed by atoms with E-state index in [4.69, 9.17) is 14.2 Å². The lowest BCUT2D eigenvalue weighted by Crippen LogP contribution is -2.30. The van der Waals surface area contributed by atoms with Gasteiger partial charge in [0.1, 0.15) is 13.2 Å². The highest BCUT2D eigenvalue weighted by atomic mass is 16.6. The van der Waals surface area contributed by atoms with Gasteiger partial charge in [-0.3, -0.25) is 14.4 Å². The molecule has 0 aliphatic heterocycles. The summed E-state index contributed by atoms with van der Waals surface area (Å²) in [6.07, 6.45) is 86.8. The molecule has 0 N–H and O–H groups in total. The van der Waals surface area contributed by atoms with E-state index in [1.165, 1.54) is 135 Å². The molecule has 76 heavy (non-hydrogen) atoms. The van der Waals surface area contributed by atoms with Gasteiger partial charge >= 0.3 is 17.9 Å². The van der Waals surface area contributed by atoms with Crippen LogP contribution in [0.5, 0.6) is 0 Å². The van der Waals surface area contributed by atoms with Crippen LogP contribution in [0.2, 0.25) is 0 Å². The zero-order valence-electron chi connectivity index (χ0n) is 49.7. The van der Waals surface area contributed by atoms with Crippen LogP contribution in [-0.4, -0.2) is 37.2 Å². The van der Waals surface area contributed by atoms with E-state index in [0.29, 0.717) is 19.3 Å². The van der Waals surface area contributed by atoms with Crippen molar-refractivity contribution in [3.8, 4) is 0 Å². The van der Waals surface area contributed by atoms with Gasteiger partial charge in [-0.25, -0.2) is 0 Å². The molecule has 0 aromatic carbocycles. The fourth-order valence-electron chi connectivity index (χ4n) is 8.75. The molecule has 0 spiro atoms. The van der Waals surface area contributed by atoms with Crippen molar-refractivity contribution in [2.75, 3.05) is 13.2 Å². The number of hydrogen-bond donors (Lipinski definition) is 0. The number of esters is 3. The lowest BCUT2D eigenvalue weighted by atomic mass is 10.1. The fourth-order valence-corrected chi connectivity index (χ4v) is 8.75. The summed E-state index contributed by atoms with van der Waals surface area (Å²) in [6.45, 7) is 6.50. The SMILES string of the molecule is CC/C=C\C/C=C\C/C=C\C/C=C\C/C=C\C/C=C\C/C=C\C/C=C\CCCCCCCCCCCCC(=O)OCC(COC(=O)CCCCCCCCCCCC)OC(=O)CCCCCCC/C=C\CCCCCC. The monoisotopic (exact) mass is 1050 g/mol. The van der Waals surface area contributed by atoms with Crippen LogP contribution in [0.25, 0.3) is 0 Å². The normalized spacial score (nSPS) is 12.8. The number of carbonyl (C=O) groups excluding carboxylic acids is 3. The van der Waals surface area contributed by atoms with Crippen LogP contribution in [0.1, 0.15) is 297 Å². The first-order valence-electron chi connectivity index (χ1n) is 31.9. The van der Waals surface area contributed by atoms with Gasteiger partial charge in [0, 0.05) is 19.3 Å². The molecule has 6 nitrogen and oxygen atoms in total. The summed E-state index contributed by atoms with van der Waals surface area (Å²) in [5, 5.41) is 0. The molecule has 1 unspecified atom stereocenters. The molecular weight excluding hydrogens is 937 g/mol. The maximum absolute atomic E-state index is 12.8. The van der Waals surface area contributed by atoms with E-state index < -0.39 is 6.10 Å². The lowest BCUT2D eigenvalue weighted by Gasteiger charge is -2.18. The largest absolute Gasteiger partial charge is 0.462 e. The van der Waals surface area contributed by atoms with Gasteiger partial charge in [0.2, 0.25) is 0 Å². The molecule has 0 aromatic heterocycles. The van der Waals surface area contributed by atoms with E-state index in [9.17, 15) is 14.4 Å². The van der Waals surface area contributed by atoms with Gasteiger partial charge in [-0.2, -0.15) is 0 Å². The number of carbonyl (C=O) groups is 3. The molecule has 434 valence electrons. The molecule has 0 amide bonds. The molecule has 0 saturated heterocycles. The third-order valence-corrected chi connectivity index (χ3v) is 13.5. The van der Waals surface area contributed by atoms with Gasteiger partial charge in [-0.05, 0) is 109 Å². The Bertz CT molecular complexity index is 1540. The standard InChI is InChI=1S/C70H118O6/c1-4-7-10-13-16-19-22-24-25-26-27-28-29-30-31-32-33-34-35-36-37-38-39-40-41-42-43-44-45-47-48-51-54-57-60-63-69(72)75-66-67(65-74-68(71)62-59-56-53-50-21-18-15-12-9-6-3)76-70(73)64-61-58-55-52-49-46-23-20-17-14-11-8-5-2/h7,10,16,19-20,23-25,27-28,30-31,33-34,36-37,39-40,67H,4-6,8-9,11-15,17-18,21-22,26,29,32,35,38,41-66H2,1-3H3/b10-7-,19-16-,23-20-,25-24-,28-27-,31-30-,34-33-,37-36-,40-39-. The smallest absolute Gasteiger partial charge is 0.306 e. The van der Waals surface area contributed by atoms with Crippen LogP contribution in [-0.2, 0) is 28.6 Å². The Labute approximate surface area is 470 Å². The van der Waals surface area contributed by atoms with Crippen molar-refractivity contribution in [3.05, 3.63) is 109 Å². The Hall–Kier alpha value is -3.93. The zero-order chi connectivity index (χ0) is 55.0. The average molecular weight is 1060 g/mol. The van der Waals surface area contributed by atoms with Crippen molar-refractivity contribution in [1.82, 2.24) is 0 Å². The summed E-state index contributed by atoms with van der Waals surface area (Å²) < 4.78 is 16.8. The first-order chi connectivity index (χ1) is 37.5. The molecule has 6 heteroatoms. The second-order valence-electron chi connectivity index (χ2n) is 20.9. The van der Waals surface area contributed by atoms with Gasteiger partial charge in [-0.15, -0.1) is 0 Å². The molecule has 0 aliphatic rings. The van der Waals surface area contributed by atoms with Crippen LogP contribution >= 0.6 is 0 Å². The van der Waals surface area contributed by atoms with Gasteiger partial charge in [0.05, 0.1) is 0 Å². The van der Waals surface area contributed by atoms with Crippen molar-refractivity contribution < 1.29 is 28.6 Å². The Morgan fingerprint density at radius 3 is 0.829 bits per heavy atom. The van der Waals surface area contributed by atoms with Crippen LogP contribution in [0.4, 0.5) is 0 Å². The van der Waals surface area contributed by atoms with Crippen LogP contribution in [0.15, 0.2) is 109 Å². The Morgan fingerprint density at radius 2 is 0.513 bits per heavy atom. The molecule has 0 rings (SSSR count). The van der Waals surface area contributed by atoms with Gasteiger partial charge in [-0.1, -0.05) is 278 Å². The average Bonchev–Trinajstić information content (AvgIpc) is 3.42. The zero-order valence-corrected chi connectivity index (χ0v) is 49.7. The maximum atomic E-state index is 12.8. The van der Waals surface area contributed by atoms with Gasteiger partial charge in [0.25, 0.3) is 0 Å². The number of hydrogen-bond acceptors (Lipinski definition) is 6. The van der Waals surface area contributed by atoms with Gasteiger partial charge < -0.3 is 14.2 Å². The molecule has 0 radical (unpaired) electrons. The highest BCUT2D eigenvalue weighted by molar-refractivity contribution is 5.71. The van der Waals surface area contributed by atoms with E-state index in [-0.39, 0.29) is 31.1 Å². The van der Waals surface area contributed by atoms with Gasteiger partial charge in [0.15, 0.2) is 6.10 Å². The maximum Gasteiger partial charge on any atom is 0.306 e. The van der Waals surface area contributed by atoms with Crippen molar-refractivity contribution >= 4 is 17.9 Å². The second-order valence-corrected chi connectivity index (χ2v) is 20.9. The number of rotatable bonds is 57. The Kier molecular flexibility index (Phi) is 60.3. The molecule has 0 aromatic rings. The molecule has 0 saturated carbocycles. The van der Waals surface area contributed by atoms with Crippen LogP contribution in [0, 0.1) is 0 Å². The highest BCUT2D eigenvalue weighted by Crippen LogP contribution is 2.16. The summed E-state index contributed by atoms with van der Waals surface area (Å²) in [6, 6.07) is 0. The minimum absolute atomic E-state index is 0.0795. The summed E-state index contributed by atoms with van der Waals surface area (Å²) in [5.41, 5.74) is 0. The van der Waals surface area contributed by atoms with E-state index in [1.807, 2.05) is 0 Å². The minimum Gasteiger partial charge on any atom is -0.462 e. The predicted octanol–water partition coefficient (Wildman–Crippen LogP) is 21.8. The molecule has 0 bridgehead atoms. The molecule has 0 aliphatic carbocycles. The second kappa shape index (κ2) is 63.6. The summed E-state index contributed by atoms with van der Waals surface area (Å²) in [7, 11) is 0. The summed E-state index contributed by atoms with van der Waals surface area (Å²) >= 11 is 0. The van der Waals surface area contributed by atoms with E-state index in [0.717, 1.165) is 122 Å². The van der Waals surface area contributed by atoms with Crippen LogP contribution < -0.4 is 0 Å². The molecule has 0 fully saturated rings. The predicted molar refractivity (Wildman–Crippen MR) is 330 cm³/mol. The van der Waals surface area contributed by atoms with E-state index in [2.05, 4.69) is 130 Å².